The maximum Gasteiger partial charge on any atom is 0.422 e. The summed E-state index contributed by atoms with van der Waals surface area (Å²) in [5, 5.41) is 11.0. The average Bonchev–Trinajstić information content (AvgIpc) is 2.44. The second-order valence-electron chi connectivity index (χ2n) is 4.65. The van der Waals surface area contributed by atoms with Gasteiger partial charge < -0.3 is 9.84 Å². The highest BCUT2D eigenvalue weighted by molar-refractivity contribution is 6.06. The molecule has 3 amide bonds. The Morgan fingerprint density at radius 3 is 2.61 bits per heavy atom. The molecular weight excluding hydrogens is 321 g/mol. The molecule has 0 aromatic heterocycles. The number of benzene rings is 1. The molecule has 2 rings (SSSR count). The van der Waals surface area contributed by atoms with Gasteiger partial charge in [0.2, 0.25) is 5.91 Å². The summed E-state index contributed by atoms with van der Waals surface area (Å²) in [6.45, 7) is -1.70. The Kier molecular flexibility index (Phi) is 4.43. The van der Waals surface area contributed by atoms with Crippen molar-refractivity contribution in [1.82, 2.24) is 5.32 Å². The van der Waals surface area contributed by atoms with E-state index in [0.717, 1.165) is 23.1 Å². The Morgan fingerprint density at radius 1 is 1.35 bits per heavy atom. The maximum absolute atomic E-state index is 12.3. The number of hydrogen-bond donors (Lipinski definition) is 2. The van der Waals surface area contributed by atoms with E-state index in [1.807, 2.05) is 5.32 Å². The van der Waals surface area contributed by atoms with E-state index in [-0.39, 0.29) is 30.0 Å². The number of halogens is 3. The van der Waals surface area contributed by atoms with Gasteiger partial charge in [-0.2, -0.15) is 13.2 Å². The highest BCUT2D eigenvalue weighted by Crippen LogP contribution is 2.32. The molecule has 1 aliphatic rings. The smallest absolute Gasteiger partial charge is 0.422 e. The van der Waals surface area contributed by atoms with Crippen LogP contribution in [0.2, 0.25) is 0 Å². The zero-order valence-corrected chi connectivity index (χ0v) is 11.5. The fraction of sp³-hybridized carbons (Fsp3) is 0.308. The number of carbonyl (C=O) groups is 3. The molecule has 1 aliphatic heterocycles. The van der Waals surface area contributed by atoms with Gasteiger partial charge in [-0.15, -0.1) is 0 Å². The quantitative estimate of drug-likeness (QED) is 0.876. The second-order valence-corrected chi connectivity index (χ2v) is 4.65. The standard InChI is InChI=1S/C13H11F3N2O5/c14-13(15,16)6-23-9-2-1-7(11(20)21)5-8(9)18-4-3-10(19)17-12(18)22/h1-2,5H,3-4,6H2,(H,20,21)(H,17,19,22). The van der Waals surface area contributed by atoms with Gasteiger partial charge in [0, 0.05) is 13.0 Å². The molecule has 0 saturated carbocycles. The summed E-state index contributed by atoms with van der Waals surface area (Å²) >= 11 is 0. The second kappa shape index (κ2) is 6.15. The zero-order valence-electron chi connectivity index (χ0n) is 11.5. The number of rotatable bonds is 4. The van der Waals surface area contributed by atoms with Crippen LogP contribution in [-0.2, 0) is 4.79 Å². The molecule has 0 bridgehead atoms. The molecule has 1 saturated heterocycles. The third kappa shape index (κ3) is 4.11. The Balaban J connectivity index is 2.36. The zero-order chi connectivity index (χ0) is 17.2. The first kappa shape index (κ1) is 16.6. The molecule has 0 radical (unpaired) electrons. The van der Waals surface area contributed by atoms with E-state index in [2.05, 4.69) is 4.74 Å². The summed E-state index contributed by atoms with van der Waals surface area (Å²) in [6.07, 6.45) is -4.66. The van der Waals surface area contributed by atoms with Gasteiger partial charge in [0.25, 0.3) is 0 Å². The fourth-order valence-electron chi connectivity index (χ4n) is 1.94. The molecule has 1 heterocycles. The lowest BCUT2D eigenvalue weighted by atomic mass is 10.1. The van der Waals surface area contributed by atoms with E-state index >= 15 is 0 Å². The topological polar surface area (TPSA) is 95.9 Å². The molecule has 7 nitrogen and oxygen atoms in total. The summed E-state index contributed by atoms with van der Waals surface area (Å²) in [6, 6.07) is 2.25. The number of imide groups is 1. The molecule has 0 atom stereocenters. The normalized spacial score (nSPS) is 15.3. The van der Waals surface area contributed by atoms with Crippen LogP contribution in [0.1, 0.15) is 16.8 Å². The highest BCUT2D eigenvalue weighted by atomic mass is 19.4. The number of nitrogens with one attached hydrogen (secondary N) is 1. The fourth-order valence-corrected chi connectivity index (χ4v) is 1.94. The summed E-state index contributed by atoms with van der Waals surface area (Å²) in [7, 11) is 0. The van der Waals surface area contributed by atoms with Crippen LogP contribution in [0.4, 0.5) is 23.7 Å². The van der Waals surface area contributed by atoms with Gasteiger partial charge in [0.15, 0.2) is 6.61 Å². The van der Waals surface area contributed by atoms with Crippen LogP contribution in [0.3, 0.4) is 0 Å². The molecular formula is C13H11F3N2O5. The van der Waals surface area contributed by atoms with Crippen LogP contribution in [0, 0.1) is 0 Å². The van der Waals surface area contributed by atoms with Crippen molar-refractivity contribution in [1.29, 1.82) is 0 Å². The third-order valence-electron chi connectivity index (χ3n) is 2.94. The van der Waals surface area contributed by atoms with E-state index in [1.165, 1.54) is 0 Å². The molecule has 0 aliphatic carbocycles. The molecule has 124 valence electrons. The van der Waals surface area contributed by atoms with Gasteiger partial charge >= 0.3 is 18.2 Å². The maximum atomic E-state index is 12.3. The lowest BCUT2D eigenvalue weighted by molar-refractivity contribution is -0.153. The molecule has 23 heavy (non-hydrogen) atoms. The van der Waals surface area contributed by atoms with Gasteiger partial charge in [-0.25, -0.2) is 9.59 Å². The van der Waals surface area contributed by atoms with Crippen molar-refractivity contribution in [2.24, 2.45) is 0 Å². The lowest BCUT2D eigenvalue weighted by Crippen LogP contribution is -2.49. The summed E-state index contributed by atoms with van der Waals surface area (Å²) < 4.78 is 41.5. The monoisotopic (exact) mass is 332 g/mol. The molecule has 10 heteroatoms. The van der Waals surface area contributed by atoms with Gasteiger partial charge in [-0.3, -0.25) is 15.0 Å². The summed E-state index contributed by atoms with van der Waals surface area (Å²) in [4.78, 5) is 34.9. The molecule has 1 aromatic rings. The number of ether oxygens (including phenoxy) is 1. The van der Waals surface area contributed by atoms with Crippen LogP contribution in [0.15, 0.2) is 18.2 Å². The van der Waals surface area contributed by atoms with Crippen LogP contribution < -0.4 is 15.0 Å². The first-order valence-electron chi connectivity index (χ1n) is 6.35. The van der Waals surface area contributed by atoms with Crippen LogP contribution >= 0.6 is 0 Å². The Labute approximate surface area is 127 Å². The lowest BCUT2D eigenvalue weighted by Gasteiger charge is -2.28. The van der Waals surface area contributed by atoms with Gasteiger partial charge in [-0.1, -0.05) is 0 Å². The van der Waals surface area contributed by atoms with E-state index < -0.39 is 30.7 Å². The minimum atomic E-state index is -4.59. The highest BCUT2D eigenvalue weighted by Gasteiger charge is 2.31. The van der Waals surface area contributed by atoms with Crippen molar-refractivity contribution in [2.45, 2.75) is 12.6 Å². The van der Waals surface area contributed by atoms with Gasteiger partial charge in [0.05, 0.1) is 11.3 Å². The number of aromatic carboxylic acids is 1. The van der Waals surface area contributed by atoms with E-state index in [4.69, 9.17) is 5.11 Å². The molecule has 0 unspecified atom stereocenters. The summed E-state index contributed by atoms with van der Waals surface area (Å²) in [5.41, 5.74) is -0.386. The number of amides is 3. The minimum Gasteiger partial charge on any atom is -0.482 e. The van der Waals surface area contributed by atoms with Crippen molar-refractivity contribution in [3.8, 4) is 5.75 Å². The number of carboxylic acid groups (broad SMARTS) is 1. The first-order chi connectivity index (χ1) is 10.7. The van der Waals surface area contributed by atoms with Crippen molar-refractivity contribution in [2.75, 3.05) is 18.1 Å². The molecule has 1 aromatic carbocycles. The number of hydrogen-bond acceptors (Lipinski definition) is 4. The number of carboxylic acids is 1. The number of nitrogens with zero attached hydrogens (tertiary/aromatic N) is 1. The van der Waals surface area contributed by atoms with Crippen molar-refractivity contribution in [3.63, 3.8) is 0 Å². The predicted octanol–water partition coefficient (Wildman–Crippen LogP) is 1.77. The predicted molar refractivity (Wildman–Crippen MR) is 70.5 cm³/mol. The Hall–Kier alpha value is -2.78. The Morgan fingerprint density at radius 2 is 2.04 bits per heavy atom. The minimum absolute atomic E-state index is 0.0677. The van der Waals surface area contributed by atoms with Crippen LogP contribution in [-0.4, -0.2) is 42.3 Å². The van der Waals surface area contributed by atoms with Crippen molar-refractivity contribution >= 4 is 23.6 Å². The van der Waals surface area contributed by atoms with E-state index in [1.54, 1.807) is 0 Å². The largest absolute Gasteiger partial charge is 0.482 e. The van der Waals surface area contributed by atoms with Gasteiger partial charge in [0.1, 0.15) is 5.75 Å². The molecule has 2 N–H and O–H groups in total. The molecule has 1 fully saturated rings. The number of urea groups is 1. The average molecular weight is 332 g/mol. The number of anilines is 1. The van der Waals surface area contributed by atoms with Crippen molar-refractivity contribution in [3.05, 3.63) is 23.8 Å². The summed E-state index contributed by atoms with van der Waals surface area (Å²) in [5.74, 6) is -2.16. The molecule has 0 spiro atoms. The van der Waals surface area contributed by atoms with E-state index in [9.17, 15) is 27.6 Å². The van der Waals surface area contributed by atoms with Crippen LogP contribution in [0.25, 0.3) is 0 Å². The van der Waals surface area contributed by atoms with Crippen LogP contribution in [0.5, 0.6) is 5.75 Å². The first-order valence-corrected chi connectivity index (χ1v) is 6.35. The third-order valence-corrected chi connectivity index (χ3v) is 2.94. The number of carbonyl (C=O) groups excluding carboxylic acids is 2. The number of alkyl halides is 3. The van der Waals surface area contributed by atoms with Gasteiger partial charge in [-0.05, 0) is 18.2 Å². The SMILES string of the molecule is O=C1CCN(c2cc(C(=O)O)ccc2OCC(F)(F)F)C(=O)N1. The Bertz CT molecular complexity index is 660. The van der Waals surface area contributed by atoms with E-state index in [0.29, 0.717) is 0 Å². The van der Waals surface area contributed by atoms with Crippen molar-refractivity contribution < 1.29 is 37.4 Å².